The second-order valence-corrected chi connectivity index (χ2v) is 8.50. The Kier molecular flexibility index (Phi) is 7.57. The molecule has 0 unspecified atom stereocenters. The number of halogens is 6. The van der Waals surface area contributed by atoms with E-state index >= 15 is 0 Å². The second kappa shape index (κ2) is 10.1. The van der Waals surface area contributed by atoms with E-state index in [1.807, 2.05) is 19.0 Å². The highest BCUT2D eigenvalue weighted by atomic mass is 19.4. The van der Waals surface area contributed by atoms with Crippen molar-refractivity contribution in [3.63, 3.8) is 0 Å². The molecule has 1 heterocycles. The molecule has 0 saturated heterocycles. The van der Waals surface area contributed by atoms with Gasteiger partial charge in [-0.25, -0.2) is 4.98 Å². The molecule has 0 bridgehead atoms. The van der Waals surface area contributed by atoms with Crippen LogP contribution in [0.15, 0.2) is 30.5 Å². The Morgan fingerprint density at radius 3 is 2.12 bits per heavy atom. The van der Waals surface area contributed by atoms with Gasteiger partial charge in [-0.05, 0) is 55.9 Å². The van der Waals surface area contributed by atoms with Gasteiger partial charge in [0.15, 0.2) is 0 Å². The van der Waals surface area contributed by atoms with E-state index in [0.29, 0.717) is 18.1 Å². The van der Waals surface area contributed by atoms with E-state index in [1.165, 1.54) is 0 Å². The third-order valence-electron chi connectivity index (χ3n) is 5.68. The zero-order valence-electron chi connectivity index (χ0n) is 18.6. The van der Waals surface area contributed by atoms with Crippen molar-refractivity contribution >= 4 is 17.7 Å². The summed E-state index contributed by atoms with van der Waals surface area (Å²) in [6, 6.07) is 2.79. The molecule has 1 aliphatic carbocycles. The molecule has 34 heavy (non-hydrogen) atoms. The van der Waals surface area contributed by atoms with E-state index in [0.717, 1.165) is 31.5 Å². The summed E-state index contributed by atoms with van der Waals surface area (Å²) in [7, 11) is 3.74. The van der Waals surface area contributed by atoms with Crippen molar-refractivity contribution in [1.82, 2.24) is 15.3 Å². The van der Waals surface area contributed by atoms with Crippen LogP contribution in [0.1, 0.15) is 47.2 Å². The van der Waals surface area contributed by atoms with Crippen LogP contribution in [0.4, 0.5) is 38.1 Å². The third-order valence-corrected chi connectivity index (χ3v) is 5.68. The molecule has 12 heteroatoms. The summed E-state index contributed by atoms with van der Waals surface area (Å²) < 4.78 is 78.1. The van der Waals surface area contributed by atoms with Crippen LogP contribution in [0.25, 0.3) is 0 Å². The topological polar surface area (TPSA) is 70.2 Å². The fourth-order valence-corrected chi connectivity index (χ4v) is 3.79. The Hall–Kier alpha value is -3.05. The number of anilines is 2. The lowest BCUT2D eigenvalue weighted by Gasteiger charge is -2.29. The van der Waals surface area contributed by atoms with Gasteiger partial charge in [-0.3, -0.25) is 4.79 Å². The van der Waals surface area contributed by atoms with E-state index in [4.69, 9.17) is 0 Å². The molecule has 1 aliphatic rings. The van der Waals surface area contributed by atoms with Gasteiger partial charge in [-0.1, -0.05) is 0 Å². The van der Waals surface area contributed by atoms with Crippen LogP contribution in [0, 0.1) is 5.92 Å². The lowest BCUT2D eigenvalue weighted by atomic mass is 9.86. The summed E-state index contributed by atoms with van der Waals surface area (Å²) in [6.07, 6.45) is -5.38. The minimum absolute atomic E-state index is 0.00298. The normalized spacial score (nSPS) is 18.9. The van der Waals surface area contributed by atoms with Crippen LogP contribution in [0.5, 0.6) is 0 Å². The number of hydrogen-bond donors (Lipinski definition) is 2. The number of aromatic nitrogens is 2. The van der Waals surface area contributed by atoms with Gasteiger partial charge in [-0.15, -0.1) is 0 Å². The van der Waals surface area contributed by atoms with E-state index in [2.05, 4.69) is 20.6 Å². The smallest absolute Gasteiger partial charge is 0.363 e. The summed E-state index contributed by atoms with van der Waals surface area (Å²) in [5.74, 6) is 0.361. The summed E-state index contributed by atoms with van der Waals surface area (Å²) in [6.45, 7) is 0.162. The highest BCUT2D eigenvalue weighted by Gasteiger charge is 2.37. The van der Waals surface area contributed by atoms with Gasteiger partial charge in [0.25, 0.3) is 5.91 Å². The second-order valence-electron chi connectivity index (χ2n) is 8.50. The number of benzene rings is 1. The van der Waals surface area contributed by atoms with E-state index in [-0.39, 0.29) is 24.6 Å². The predicted octanol–water partition coefficient (Wildman–Crippen LogP) is 4.98. The van der Waals surface area contributed by atoms with Crippen LogP contribution < -0.4 is 15.5 Å². The summed E-state index contributed by atoms with van der Waals surface area (Å²) in [4.78, 5) is 22.8. The van der Waals surface area contributed by atoms with Crippen LogP contribution in [-0.2, 0) is 12.4 Å². The van der Waals surface area contributed by atoms with Crippen LogP contribution in [0.2, 0.25) is 0 Å². The lowest BCUT2D eigenvalue weighted by Crippen LogP contribution is -2.34. The monoisotopic (exact) mass is 489 g/mol. The number of amides is 1. The van der Waals surface area contributed by atoms with Gasteiger partial charge in [0.2, 0.25) is 5.95 Å². The lowest BCUT2D eigenvalue weighted by molar-refractivity contribution is -0.143. The maximum Gasteiger partial charge on any atom is 0.416 e. The number of hydrogen-bond acceptors (Lipinski definition) is 5. The zero-order chi connectivity index (χ0) is 25.1. The molecule has 1 fully saturated rings. The van der Waals surface area contributed by atoms with Crippen LogP contribution in [-0.4, -0.2) is 42.6 Å². The minimum Gasteiger partial charge on any atom is -0.363 e. The summed E-state index contributed by atoms with van der Waals surface area (Å²) in [5, 5.41) is 5.76. The van der Waals surface area contributed by atoms with Crippen molar-refractivity contribution in [2.45, 2.75) is 44.1 Å². The molecule has 186 valence electrons. The first-order valence-electron chi connectivity index (χ1n) is 10.7. The number of carbonyl (C=O) groups is 1. The zero-order valence-corrected chi connectivity index (χ0v) is 18.6. The van der Waals surface area contributed by atoms with Gasteiger partial charge < -0.3 is 15.5 Å². The molecule has 1 aromatic heterocycles. The first kappa shape index (κ1) is 25.6. The van der Waals surface area contributed by atoms with Crippen molar-refractivity contribution in [3.8, 4) is 0 Å². The average Bonchev–Trinajstić information content (AvgIpc) is 2.77. The third kappa shape index (κ3) is 6.73. The van der Waals surface area contributed by atoms with E-state index in [9.17, 15) is 31.1 Å². The first-order chi connectivity index (χ1) is 15.8. The molecule has 2 aromatic rings. The molecular weight excluding hydrogens is 464 g/mol. The van der Waals surface area contributed by atoms with Crippen LogP contribution >= 0.6 is 0 Å². The molecule has 1 amide bonds. The fraction of sp³-hybridized carbons (Fsp3) is 0.500. The molecule has 1 saturated carbocycles. The Morgan fingerprint density at radius 1 is 1.00 bits per heavy atom. The van der Waals surface area contributed by atoms with Crippen LogP contribution in [0.3, 0.4) is 0 Å². The SMILES string of the molecule is CN(C)c1ccnc(NC2CCC(CNC(=O)c3cc(C(F)(F)F)cc(C(F)(F)F)c3)CC2)n1. The Bertz CT molecular complexity index is 968. The fourth-order valence-electron chi connectivity index (χ4n) is 3.79. The summed E-state index contributed by atoms with van der Waals surface area (Å²) in [5.41, 5.74) is -3.70. The van der Waals surface area contributed by atoms with Gasteiger partial charge in [0.05, 0.1) is 11.1 Å². The number of alkyl halides is 6. The molecule has 1 aromatic carbocycles. The maximum atomic E-state index is 13.0. The molecule has 0 aliphatic heterocycles. The molecule has 0 radical (unpaired) electrons. The standard InChI is InChI=1S/C22H25F6N5O/c1-33(2)18-7-8-29-20(32-18)31-17-5-3-13(4-6-17)12-30-19(34)14-9-15(21(23,24)25)11-16(10-14)22(26,27)28/h7-11,13,17H,3-6,12H2,1-2H3,(H,30,34)(H,29,31,32). The number of nitrogens with zero attached hydrogens (tertiary/aromatic N) is 3. The molecule has 6 nitrogen and oxygen atoms in total. The number of rotatable bonds is 6. The number of nitrogens with one attached hydrogen (secondary N) is 2. The maximum absolute atomic E-state index is 13.0. The van der Waals surface area contributed by atoms with Gasteiger partial charge in [-0.2, -0.15) is 31.3 Å². The largest absolute Gasteiger partial charge is 0.416 e. The predicted molar refractivity (Wildman–Crippen MR) is 115 cm³/mol. The molecule has 3 rings (SSSR count). The van der Waals surface area contributed by atoms with Crippen molar-refractivity contribution in [2.75, 3.05) is 30.9 Å². The first-order valence-corrected chi connectivity index (χ1v) is 10.7. The van der Waals surface area contributed by atoms with Crippen molar-refractivity contribution in [3.05, 3.63) is 47.2 Å². The quantitative estimate of drug-likeness (QED) is 0.560. The molecule has 0 atom stereocenters. The summed E-state index contributed by atoms with van der Waals surface area (Å²) >= 11 is 0. The van der Waals surface area contributed by atoms with E-state index in [1.54, 1.807) is 12.3 Å². The molecule has 0 spiro atoms. The molecule has 2 N–H and O–H groups in total. The Morgan fingerprint density at radius 2 is 1.59 bits per heavy atom. The van der Waals surface area contributed by atoms with Crippen molar-refractivity contribution in [2.24, 2.45) is 5.92 Å². The van der Waals surface area contributed by atoms with Crippen molar-refractivity contribution < 1.29 is 31.1 Å². The average molecular weight is 489 g/mol. The molecular formula is C22H25F6N5O. The Labute approximate surface area is 192 Å². The van der Waals surface area contributed by atoms with E-state index < -0.39 is 35.0 Å². The minimum atomic E-state index is -5.00. The highest BCUT2D eigenvalue weighted by Crippen LogP contribution is 2.36. The van der Waals surface area contributed by atoms with Gasteiger partial charge in [0.1, 0.15) is 5.82 Å². The number of carbonyl (C=O) groups excluding carboxylic acids is 1. The Balaban J connectivity index is 1.56. The van der Waals surface area contributed by atoms with Gasteiger partial charge >= 0.3 is 12.4 Å². The van der Waals surface area contributed by atoms with Crippen molar-refractivity contribution in [1.29, 1.82) is 0 Å². The highest BCUT2D eigenvalue weighted by molar-refractivity contribution is 5.94. The van der Waals surface area contributed by atoms with Gasteiger partial charge in [0, 0.05) is 38.4 Å².